The molecular weight excluding hydrogens is 700 g/mol. The normalized spacial score (nSPS) is 12.0. The van der Waals surface area contributed by atoms with Crippen LogP contribution in [0, 0.1) is 0 Å². The van der Waals surface area contributed by atoms with E-state index in [4.69, 9.17) is 14.4 Å². The lowest BCUT2D eigenvalue weighted by Crippen LogP contribution is -2.54. The topological polar surface area (TPSA) is 206 Å². The Balaban J connectivity index is 2.76. The van der Waals surface area contributed by atoms with E-state index >= 15 is 0 Å². The minimum atomic E-state index is -0.622. The van der Waals surface area contributed by atoms with Gasteiger partial charge in [0.2, 0.25) is 0 Å². The fourth-order valence-corrected chi connectivity index (χ4v) is 4.78. The Bertz CT molecular complexity index is 1350. The Kier molecular flexibility index (Phi) is 25.2. The third-order valence-corrected chi connectivity index (χ3v) is 8.64. The molecule has 3 amide bonds. The van der Waals surface area contributed by atoms with Gasteiger partial charge < -0.3 is 20.7 Å². The van der Waals surface area contributed by atoms with E-state index in [1.54, 1.807) is 13.8 Å². The summed E-state index contributed by atoms with van der Waals surface area (Å²) in [6.07, 6.45) is 9.95. The van der Waals surface area contributed by atoms with Crippen molar-refractivity contribution in [1.29, 1.82) is 0 Å². The van der Waals surface area contributed by atoms with E-state index in [1.807, 2.05) is 27.7 Å². The summed E-state index contributed by atoms with van der Waals surface area (Å²) in [6.45, 7) is 13.0. The summed E-state index contributed by atoms with van der Waals surface area (Å²) in [5.74, 6) is 0. The zero-order chi connectivity index (χ0) is 40.1. The first kappa shape index (κ1) is 47.3. The zero-order valence-corrected chi connectivity index (χ0v) is 33.3. The van der Waals surface area contributed by atoms with Crippen molar-refractivity contribution in [2.45, 2.75) is 157 Å². The molecule has 0 atom stereocenters. The summed E-state index contributed by atoms with van der Waals surface area (Å²) >= 11 is 0. The molecule has 0 aliphatic rings. The Morgan fingerprint density at radius 1 is 0.519 bits per heavy atom. The van der Waals surface area contributed by atoms with E-state index in [2.05, 4.69) is 26.3 Å². The number of alkyl carbamates (subject to hydrolysis) is 1. The molecule has 1 aromatic rings. The second-order valence-corrected chi connectivity index (χ2v) is 13.2. The Morgan fingerprint density at radius 2 is 0.852 bits per heavy atom. The third kappa shape index (κ3) is 20.5. The molecule has 1 heterocycles. The van der Waals surface area contributed by atoms with Gasteiger partial charge in [-0.2, -0.15) is 0 Å². The van der Waals surface area contributed by atoms with Crippen molar-refractivity contribution < 1.29 is 28.8 Å². The van der Waals surface area contributed by atoms with E-state index in [9.17, 15) is 28.8 Å². The van der Waals surface area contributed by atoms with E-state index in [0.717, 1.165) is 51.4 Å². The smallest absolute Gasteiger partial charge is 0.418 e. The van der Waals surface area contributed by atoms with Gasteiger partial charge in [-0.05, 0) is 84.1 Å². The predicted octanol–water partition coefficient (Wildman–Crippen LogP) is 5.92. The molecule has 0 fully saturated rings. The van der Waals surface area contributed by atoms with Gasteiger partial charge >= 0.3 is 35.3 Å². The van der Waals surface area contributed by atoms with Crippen LogP contribution >= 0.6 is 0 Å². The fraction of sp³-hybridized carbons (Fsp3) is 0.730. The molecule has 1 rings (SSSR count). The first-order valence-electron chi connectivity index (χ1n) is 19.5. The van der Waals surface area contributed by atoms with Crippen molar-refractivity contribution in [1.82, 2.24) is 29.7 Å². The van der Waals surface area contributed by atoms with Crippen molar-refractivity contribution >= 4 is 29.7 Å². The van der Waals surface area contributed by atoms with Gasteiger partial charge in [-0.25, -0.2) is 42.5 Å². The van der Waals surface area contributed by atoms with E-state index < -0.39 is 35.3 Å². The largest absolute Gasteiger partial charge is 0.433 e. The van der Waals surface area contributed by atoms with Crippen LogP contribution in [0.25, 0.3) is 0 Å². The van der Waals surface area contributed by atoms with Gasteiger partial charge in [0.25, 0.3) is 0 Å². The standard InChI is InChI=1S/C37H64N8O9/c1-7-29(4)28-52-32(46)38-22-16-10-13-19-25-43-35(49)44(26-20-14-11-17-23-39-33(47)53-41-30(5)8-2)37(51)45(36(43)50)27-21-15-12-18-24-40-34(48)54-42-31(6)9-3/h28H,7-27H2,1-6H3,(H,38,46)(H,39,47)(H,40,48)/b29-28+,41-30+,42-31+. The molecule has 3 N–H and O–H groups in total. The van der Waals surface area contributed by atoms with Crippen LogP contribution in [0.1, 0.15) is 138 Å². The number of carbonyl (C=O) groups excluding carboxylic acids is 3. The van der Waals surface area contributed by atoms with Crippen molar-refractivity contribution in [2.24, 2.45) is 10.3 Å². The van der Waals surface area contributed by atoms with E-state index in [-0.39, 0.29) is 19.6 Å². The number of hydrogen-bond donors (Lipinski definition) is 3. The highest BCUT2D eigenvalue weighted by Crippen LogP contribution is 2.04. The maximum atomic E-state index is 13.4. The predicted molar refractivity (Wildman–Crippen MR) is 209 cm³/mol. The maximum absolute atomic E-state index is 13.4. The SMILES string of the molecule is CC/C(C)=C/OC(=O)NCCCCCCn1c(=O)n(CCCCCCNC(=O)O/N=C(\C)CC)c(=O)n(CCCCCCNC(=O)O/N=C(\C)CC)c1=O. The highest BCUT2D eigenvalue weighted by molar-refractivity contribution is 5.82. The Labute approximate surface area is 318 Å². The summed E-state index contributed by atoms with van der Waals surface area (Å²) in [6, 6.07) is 0. The number of allylic oxidation sites excluding steroid dienone is 1. The molecule has 1 aromatic heterocycles. The van der Waals surface area contributed by atoms with Crippen molar-refractivity contribution in [3.63, 3.8) is 0 Å². The summed E-state index contributed by atoms with van der Waals surface area (Å²) in [5.41, 5.74) is 0.517. The van der Waals surface area contributed by atoms with Crippen LogP contribution < -0.4 is 33.0 Å². The molecule has 0 saturated carbocycles. The van der Waals surface area contributed by atoms with Crippen molar-refractivity contribution in [3.8, 4) is 0 Å². The van der Waals surface area contributed by atoms with Crippen LogP contribution in [0.2, 0.25) is 0 Å². The maximum Gasteiger partial charge on any atom is 0.433 e. The van der Waals surface area contributed by atoms with Gasteiger partial charge in [-0.1, -0.05) is 69.6 Å². The van der Waals surface area contributed by atoms with E-state index in [0.29, 0.717) is 95.3 Å². The molecule has 0 aliphatic carbocycles. The average molecular weight is 765 g/mol. The number of ether oxygens (including phenoxy) is 1. The molecule has 0 aromatic carbocycles. The lowest BCUT2D eigenvalue weighted by Gasteiger charge is -2.14. The fourth-order valence-electron chi connectivity index (χ4n) is 4.78. The molecule has 0 bridgehead atoms. The van der Waals surface area contributed by atoms with Crippen LogP contribution in [0.5, 0.6) is 0 Å². The van der Waals surface area contributed by atoms with Gasteiger partial charge in [0.1, 0.15) is 0 Å². The third-order valence-electron chi connectivity index (χ3n) is 8.64. The minimum absolute atomic E-state index is 0.163. The summed E-state index contributed by atoms with van der Waals surface area (Å²) in [4.78, 5) is 85.2. The molecular formula is C37H64N8O9. The summed E-state index contributed by atoms with van der Waals surface area (Å²) < 4.78 is 8.48. The zero-order valence-electron chi connectivity index (χ0n) is 33.3. The highest BCUT2D eigenvalue weighted by Gasteiger charge is 2.15. The number of carbonyl (C=O) groups is 3. The molecule has 17 nitrogen and oxygen atoms in total. The monoisotopic (exact) mass is 764 g/mol. The molecule has 0 spiro atoms. The van der Waals surface area contributed by atoms with E-state index in [1.165, 1.54) is 6.26 Å². The van der Waals surface area contributed by atoms with Gasteiger partial charge in [-0.3, -0.25) is 9.68 Å². The first-order chi connectivity index (χ1) is 25.9. The number of rotatable bonds is 27. The van der Waals surface area contributed by atoms with Crippen LogP contribution in [0.4, 0.5) is 14.4 Å². The number of nitrogens with one attached hydrogen (secondary N) is 3. The summed E-state index contributed by atoms with van der Waals surface area (Å²) in [5, 5.41) is 15.4. The number of unbranched alkanes of at least 4 members (excludes halogenated alkanes) is 9. The average Bonchev–Trinajstić information content (AvgIpc) is 3.16. The van der Waals surface area contributed by atoms with Crippen LogP contribution in [0.15, 0.2) is 36.5 Å². The van der Waals surface area contributed by atoms with Gasteiger partial charge in [0.05, 0.1) is 17.7 Å². The quantitative estimate of drug-likeness (QED) is 0.0319. The first-order valence-corrected chi connectivity index (χ1v) is 19.5. The lowest BCUT2D eigenvalue weighted by atomic mass is 10.2. The Morgan fingerprint density at radius 3 is 1.19 bits per heavy atom. The molecule has 306 valence electrons. The number of aromatic nitrogens is 3. The molecule has 17 heteroatoms. The number of hydrogen-bond acceptors (Lipinski definition) is 11. The van der Waals surface area contributed by atoms with Crippen LogP contribution in [-0.4, -0.2) is 63.0 Å². The lowest BCUT2D eigenvalue weighted by molar-refractivity contribution is 0.149. The number of oxime groups is 2. The van der Waals surface area contributed by atoms with Crippen LogP contribution in [0.3, 0.4) is 0 Å². The second-order valence-electron chi connectivity index (χ2n) is 13.2. The molecule has 0 saturated heterocycles. The molecule has 0 unspecified atom stereocenters. The summed E-state index contributed by atoms with van der Waals surface area (Å²) in [7, 11) is 0. The highest BCUT2D eigenvalue weighted by atomic mass is 16.7. The van der Waals surface area contributed by atoms with Crippen molar-refractivity contribution in [2.75, 3.05) is 19.6 Å². The van der Waals surface area contributed by atoms with Gasteiger partial charge in [-0.15, -0.1) is 0 Å². The van der Waals surface area contributed by atoms with Crippen LogP contribution in [-0.2, 0) is 34.0 Å². The van der Waals surface area contributed by atoms with Gasteiger partial charge in [0.15, 0.2) is 0 Å². The van der Waals surface area contributed by atoms with Gasteiger partial charge in [0, 0.05) is 39.3 Å². The van der Waals surface area contributed by atoms with Crippen molar-refractivity contribution in [3.05, 3.63) is 43.3 Å². The molecule has 0 radical (unpaired) electrons. The second kappa shape index (κ2) is 28.8. The number of amides is 3. The molecule has 54 heavy (non-hydrogen) atoms. The number of nitrogens with zero attached hydrogens (tertiary/aromatic N) is 5. The Hall–Kier alpha value is -4.70. The molecule has 0 aliphatic heterocycles. The minimum Gasteiger partial charge on any atom is -0.418 e.